The largest absolute Gasteiger partial charge is 0.343 e. The highest BCUT2D eigenvalue weighted by molar-refractivity contribution is 5.96. The highest BCUT2D eigenvalue weighted by Crippen LogP contribution is 2.28. The van der Waals surface area contributed by atoms with Crippen molar-refractivity contribution >= 4 is 29.1 Å². The van der Waals surface area contributed by atoms with Crippen LogP contribution in [0.2, 0.25) is 0 Å². The lowest BCUT2D eigenvalue weighted by molar-refractivity contribution is -0.135. The Bertz CT molecular complexity index is 962. The summed E-state index contributed by atoms with van der Waals surface area (Å²) in [5.41, 5.74) is 2.70. The molecule has 1 aromatic carbocycles. The van der Waals surface area contributed by atoms with Gasteiger partial charge >= 0.3 is 0 Å². The highest BCUT2D eigenvalue weighted by Gasteiger charge is 2.30. The van der Waals surface area contributed by atoms with Gasteiger partial charge in [-0.25, -0.2) is 0 Å². The molecule has 0 radical (unpaired) electrons. The Morgan fingerprint density at radius 1 is 1.23 bits per heavy atom. The van der Waals surface area contributed by atoms with Gasteiger partial charge in [0, 0.05) is 49.8 Å². The van der Waals surface area contributed by atoms with Crippen molar-refractivity contribution in [2.75, 3.05) is 23.7 Å². The standard InChI is InChI=1S/C23H29N5O3/c1-2-28-15-19(14-24-28)25-22(30)16-9-11-27(12-10-16)21(29)8-7-18-13-17-5-3-4-6-20(17)26-23(18)31/h3-6,14-16,18H,2,7-13H2,1H3,(H,25,30)(H,26,31). The third-order valence-electron chi connectivity index (χ3n) is 6.26. The van der Waals surface area contributed by atoms with Gasteiger partial charge in [-0.3, -0.25) is 19.1 Å². The Kier molecular flexibility index (Phi) is 6.34. The van der Waals surface area contributed by atoms with E-state index in [-0.39, 0.29) is 29.6 Å². The fraction of sp³-hybridized carbons (Fsp3) is 0.478. The highest BCUT2D eigenvalue weighted by atomic mass is 16.2. The lowest BCUT2D eigenvalue weighted by Gasteiger charge is -2.32. The summed E-state index contributed by atoms with van der Waals surface area (Å²) in [5.74, 6) is -0.232. The molecule has 8 nitrogen and oxygen atoms in total. The lowest BCUT2D eigenvalue weighted by atomic mass is 9.89. The van der Waals surface area contributed by atoms with Gasteiger partial charge in [-0.15, -0.1) is 0 Å². The predicted octanol–water partition coefficient (Wildman–Crippen LogP) is 2.67. The number of piperidine rings is 1. The van der Waals surface area contributed by atoms with E-state index in [0.29, 0.717) is 50.9 Å². The molecule has 2 aliphatic heterocycles. The number of fused-ring (bicyclic) bond motifs is 1. The van der Waals surface area contributed by atoms with Gasteiger partial charge in [0.2, 0.25) is 17.7 Å². The molecule has 1 unspecified atom stereocenters. The lowest BCUT2D eigenvalue weighted by Crippen LogP contribution is -2.41. The van der Waals surface area contributed by atoms with Gasteiger partial charge in [-0.1, -0.05) is 18.2 Å². The van der Waals surface area contributed by atoms with Crippen LogP contribution in [0.4, 0.5) is 11.4 Å². The van der Waals surface area contributed by atoms with Crippen molar-refractivity contribution in [3.05, 3.63) is 42.2 Å². The maximum Gasteiger partial charge on any atom is 0.227 e. The first-order valence-corrected chi connectivity index (χ1v) is 11.0. The van der Waals surface area contributed by atoms with Crippen molar-refractivity contribution in [3.63, 3.8) is 0 Å². The van der Waals surface area contributed by atoms with Crippen molar-refractivity contribution in [3.8, 4) is 0 Å². The Morgan fingerprint density at radius 2 is 2.00 bits per heavy atom. The summed E-state index contributed by atoms with van der Waals surface area (Å²) in [7, 11) is 0. The number of rotatable bonds is 6. The van der Waals surface area contributed by atoms with E-state index in [0.717, 1.165) is 17.8 Å². The summed E-state index contributed by atoms with van der Waals surface area (Å²) in [6.45, 7) is 3.89. The molecular weight excluding hydrogens is 394 g/mol. The summed E-state index contributed by atoms with van der Waals surface area (Å²) in [5, 5.41) is 10.0. The van der Waals surface area contributed by atoms with Crippen LogP contribution in [0.3, 0.4) is 0 Å². The topological polar surface area (TPSA) is 96.3 Å². The first kappa shape index (κ1) is 21.1. The Morgan fingerprint density at radius 3 is 2.74 bits per heavy atom. The predicted molar refractivity (Wildman–Crippen MR) is 117 cm³/mol. The van der Waals surface area contributed by atoms with E-state index in [4.69, 9.17) is 0 Å². The van der Waals surface area contributed by atoms with Gasteiger partial charge in [0.15, 0.2) is 0 Å². The van der Waals surface area contributed by atoms with E-state index in [1.807, 2.05) is 42.3 Å². The summed E-state index contributed by atoms with van der Waals surface area (Å²) in [6, 6.07) is 7.80. The molecule has 3 amide bonds. The summed E-state index contributed by atoms with van der Waals surface area (Å²) in [6.07, 6.45) is 6.34. The molecule has 3 heterocycles. The minimum atomic E-state index is -0.175. The van der Waals surface area contributed by atoms with Crippen LogP contribution >= 0.6 is 0 Å². The van der Waals surface area contributed by atoms with Gasteiger partial charge in [0.1, 0.15) is 0 Å². The maximum atomic E-state index is 12.7. The van der Waals surface area contributed by atoms with E-state index < -0.39 is 0 Å². The number of hydrogen-bond acceptors (Lipinski definition) is 4. The Balaban J connectivity index is 1.22. The van der Waals surface area contributed by atoms with E-state index >= 15 is 0 Å². The summed E-state index contributed by atoms with van der Waals surface area (Å²) >= 11 is 0. The normalized spacial score (nSPS) is 18.9. The number of carbonyl (C=O) groups excluding carboxylic acids is 3. The number of nitrogens with one attached hydrogen (secondary N) is 2. The van der Waals surface area contributed by atoms with Crippen LogP contribution in [0.1, 0.15) is 38.2 Å². The Labute approximate surface area is 182 Å². The molecule has 2 aromatic rings. The van der Waals surface area contributed by atoms with Crippen molar-refractivity contribution in [1.29, 1.82) is 0 Å². The second-order valence-electron chi connectivity index (χ2n) is 8.32. The second-order valence-corrected chi connectivity index (χ2v) is 8.32. The van der Waals surface area contributed by atoms with Crippen LogP contribution in [0.15, 0.2) is 36.7 Å². The number of hydrogen-bond donors (Lipinski definition) is 2. The third-order valence-corrected chi connectivity index (χ3v) is 6.26. The van der Waals surface area contributed by atoms with Crippen molar-refractivity contribution < 1.29 is 14.4 Å². The SMILES string of the molecule is CCn1cc(NC(=O)C2CCN(C(=O)CCC3Cc4ccccc4NC3=O)CC2)cn1. The maximum absolute atomic E-state index is 12.7. The van der Waals surface area contributed by atoms with Crippen molar-refractivity contribution in [2.45, 2.75) is 45.6 Å². The second kappa shape index (κ2) is 9.32. The molecular formula is C23H29N5O3. The number of amides is 3. The fourth-order valence-electron chi connectivity index (χ4n) is 4.34. The molecule has 4 rings (SSSR count). The molecule has 1 saturated heterocycles. The van der Waals surface area contributed by atoms with Crippen LogP contribution in [-0.4, -0.2) is 45.5 Å². The number of likely N-dealkylation sites (tertiary alicyclic amines) is 1. The van der Waals surface area contributed by atoms with Crippen LogP contribution < -0.4 is 10.6 Å². The minimum absolute atomic E-state index is 0.00623. The van der Waals surface area contributed by atoms with E-state index in [9.17, 15) is 14.4 Å². The molecule has 8 heteroatoms. The molecule has 2 aliphatic rings. The molecule has 2 N–H and O–H groups in total. The zero-order valence-electron chi connectivity index (χ0n) is 17.8. The number of anilines is 2. The average Bonchev–Trinajstić information content (AvgIpc) is 3.25. The zero-order chi connectivity index (χ0) is 21.8. The molecule has 0 bridgehead atoms. The van der Waals surface area contributed by atoms with Gasteiger partial charge in [-0.2, -0.15) is 5.10 Å². The summed E-state index contributed by atoms with van der Waals surface area (Å²) < 4.78 is 1.77. The van der Waals surface area contributed by atoms with Crippen LogP contribution in [0.25, 0.3) is 0 Å². The Hall–Kier alpha value is -3.16. The number of benzene rings is 1. The molecule has 1 atom stereocenters. The molecule has 31 heavy (non-hydrogen) atoms. The molecule has 164 valence electrons. The van der Waals surface area contributed by atoms with Gasteiger partial charge < -0.3 is 15.5 Å². The van der Waals surface area contributed by atoms with Crippen molar-refractivity contribution in [2.24, 2.45) is 11.8 Å². The van der Waals surface area contributed by atoms with Crippen molar-refractivity contribution in [1.82, 2.24) is 14.7 Å². The van der Waals surface area contributed by atoms with Gasteiger partial charge in [0.25, 0.3) is 0 Å². The minimum Gasteiger partial charge on any atom is -0.343 e. The van der Waals surface area contributed by atoms with E-state index in [2.05, 4.69) is 15.7 Å². The van der Waals surface area contributed by atoms with Crippen LogP contribution in [0.5, 0.6) is 0 Å². The zero-order valence-corrected chi connectivity index (χ0v) is 17.8. The molecule has 1 fully saturated rings. The quantitative estimate of drug-likeness (QED) is 0.747. The van der Waals surface area contributed by atoms with E-state index in [1.54, 1.807) is 10.9 Å². The monoisotopic (exact) mass is 423 g/mol. The molecule has 0 saturated carbocycles. The smallest absolute Gasteiger partial charge is 0.227 e. The fourth-order valence-corrected chi connectivity index (χ4v) is 4.34. The average molecular weight is 424 g/mol. The number of aryl methyl sites for hydroxylation is 1. The van der Waals surface area contributed by atoms with Crippen LogP contribution in [-0.2, 0) is 27.3 Å². The molecule has 1 aromatic heterocycles. The van der Waals surface area contributed by atoms with Gasteiger partial charge in [-0.05, 0) is 44.2 Å². The number of carbonyl (C=O) groups is 3. The number of nitrogens with zero attached hydrogens (tertiary/aromatic N) is 3. The molecule has 0 aliphatic carbocycles. The first-order valence-electron chi connectivity index (χ1n) is 11.0. The van der Waals surface area contributed by atoms with Crippen LogP contribution in [0, 0.1) is 11.8 Å². The first-order chi connectivity index (χ1) is 15.0. The van der Waals surface area contributed by atoms with Gasteiger partial charge in [0.05, 0.1) is 11.9 Å². The third kappa shape index (κ3) is 4.95. The van der Waals surface area contributed by atoms with E-state index in [1.165, 1.54) is 0 Å². The number of aromatic nitrogens is 2. The molecule has 0 spiro atoms. The summed E-state index contributed by atoms with van der Waals surface area (Å²) in [4.78, 5) is 39.4. The number of para-hydroxylation sites is 1.